The van der Waals surface area contributed by atoms with Gasteiger partial charge in [0, 0.05) is 17.0 Å². The number of rotatable bonds is 1. The number of halogens is 1. The van der Waals surface area contributed by atoms with Crippen LogP contribution < -0.4 is 0 Å². The van der Waals surface area contributed by atoms with Gasteiger partial charge in [0.25, 0.3) is 0 Å². The number of carbonyl (C=O) groups excluding carboxylic acids is 1. The summed E-state index contributed by atoms with van der Waals surface area (Å²) in [6, 6.07) is 0. The van der Waals surface area contributed by atoms with Crippen molar-refractivity contribution in [2.24, 2.45) is 10.4 Å². The van der Waals surface area contributed by atoms with Crippen molar-refractivity contribution in [3.05, 3.63) is 28.1 Å². The van der Waals surface area contributed by atoms with E-state index in [4.69, 9.17) is 16.3 Å². The minimum Gasteiger partial charge on any atom is -0.406 e. The maximum atomic E-state index is 11.9. The third kappa shape index (κ3) is 2.14. The van der Waals surface area contributed by atoms with Gasteiger partial charge in [0.2, 0.25) is 5.90 Å². The lowest BCUT2D eigenvalue weighted by atomic mass is 9.97. The standard InChI is InChI=1S/C13H12ClN3O2S/c1-13(2,3)11-15-7(10(18)19-11)6-8-9(14)16-12-17(8)4-5-20-12/h4-6H,1-3H3/b7-6+. The zero-order valence-corrected chi connectivity index (χ0v) is 12.7. The van der Waals surface area contributed by atoms with Crippen LogP contribution in [0.25, 0.3) is 11.0 Å². The summed E-state index contributed by atoms with van der Waals surface area (Å²) in [5.41, 5.74) is 0.558. The Morgan fingerprint density at radius 1 is 1.45 bits per heavy atom. The number of nitrogens with zero attached hydrogens (tertiary/aromatic N) is 3. The van der Waals surface area contributed by atoms with Gasteiger partial charge in [-0.05, 0) is 6.08 Å². The molecule has 0 unspecified atom stereocenters. The minimum absolute atomic E-state index is 0.241. The average molecular weight is 310 g/mol. The van der Waals surface area contributed by atoms with Crippen LogP contribution in [0.3, 0.4) is 0 Å². The van der Waals surface area contributed by atoms with Crippen LogP contribution in [0.2, 0.25) is 5.15 Å². The van der Waals surface area contributed by atoms with E-state index < -0.39 is 5.97 Å². The average Bonchev–Trinajstić information content (AvgIpc) is 2.97. The van der Waals surface area contributed by atoms with Gasteiger partial charge in [-0.25, -0.2) is 14.8 Å². The number of imidazole rings is 1. The van der Waals surface area contributed by atoms with Crippen molar-refractivity contribution in [3.63, 3.8) is 0 Å². The highest BCUT2D eigenvalue weighted by Crippen LogP contribution is 2.28. The van der Waals surface area contributed by atoms with E-state index in [1.807, 2.05) is 36.7 Å². The zero-order valence-electron chi connectivity index (χ0n) is 11.2. The molecule has 3 rings (SSSR count). The normalized spacial score (nSPS) is 17.9. The Balaban J connectivity index is 2.08. The van der Waals surface area contributed by atoms with Gasteiger partial charge >= 0.3 is 5.97 Å². The Labute approximate surface area is 124 Å². The third-order valence-electron chi connectivity index (χ3n) is 2.79. The number of aromatic nitrogens is 2. The summed E-state index contributed by atoms with van der Waals surface area (Å²) in [4.78, 5) is 21.1. The van der Waals surface area contributed by atoms with Crippen LogP contribution in [0, 0.1) is 5.41 Å². The predicted molar refractivity (Wildman–Crippen MR) is 79.0 cm³/mol. The second-order valence-corrected chi connectivity index (χ2v) is 6.66. The lowest BCUT2D eigenvalue weighted by Gasteiger charge is -2.15. The molecule has 1 aliphatic rings. The Bertz CT molecular complexity index is 764. The number of hydrogen-bond donors (Lipinski definition) is 0. The van der Waals surface area contributed by atoms with Gasteiger partial charge in [0.1, 0.15) is 0 Å². The molecule has 0 spiro atoms. The summed E-state index contributed by atoms with van der Waals surface area (Å²) in [6.45, 7) is 5.81. The SMILES string of the molecule is CC(C)(C)C1=N/C(=C/c2c(Cl)nc3sccn23)C(=O)O1. The van der Waals surface area contributed by atoms with E-state index in [1.54, 1.807) is 6.08 Å². The summed E-state index contributed by atoms with van der Waals surface area (Å²) in [5, 5.41) is 2.24. The largest absolute Gasteiger partial charge is 0.406 e. The molecular weight excluding hydrogens is 298 g/mol. The molecule has 0 N–H and O–H groups in total. The zero-order chi connectivity index (χ0) is 14.5. The van der Waals surface area contributed by atoms with Crippen LogP contribution in [0.1, 0.15) is 26.5 Å². The van der Waals surface area contributed by atoms with Crippen LogP contribution in [0.4, 0.5) is 0 Å². The van der Waals surface area contributed by atoms with Crippen molar-refractivity contribution in [2.75, 3.05) is 0 Å². The van der Waals surface area contributed by atoms with E-state index in [2.05, 4.69) is 9.98 Å². The number of carbonyl (C=O) groups is 1. The van der Waals surface area contributed by atoms with Crippen molar-refractivity contribution < 1.29 is 9.53 Å². The maximum Gasteiger partial charge on any atom is 0.363 e. The molecule has 20 heavy (non-hydrogen) atoms. The minimum atomic E-state index is -0.462. The highest BCUT2D eigenvalue weighted by Gasteiger charge is 2.31. The van der Waals surface area contributed by atoms with Gasteiger partial charge in [0.15, 0.2) is 15.8 Å². The molecular formula is C13H12ClN3O2S. The molecule has 5 nitrogen and oxygen atoms in total. The Morgan fingerprint density at radius 3 is 2.85 bits per heavy atom. The van der Waals surface area contributed by atoms with E-state index in [0.717, 1.165) is 4.96 Å². The molecule has 0 amide bonds. The molecule has 2 aromatic rings. The molecule has 2 aromatic heterocycles. The summed E-state index contributed by atoms with van der Waals surface area (Å²) in [6.07, 6.45) is 3.45. The number of aliphatic imine (C=N–C) groups is 1. The fourth-order valence-electron chi connectivity index (χ4n) is 1.77. The highest BCUT2D eigenvalue weighted by molar-refractivity contribution is 7.15. The molecule has 7 heteroatoms. The summed E-state index contributed by atoms with van der Waals surface area (Å²) < 4.78 is 7.01. The Kier molecular flexibility index (Phi) is 2.95. The van der Waals surface area contributed by atoms with Crippen molar-refractivity contribution >= 4 is 45.8 Å². The van der Waals surface area contributed by atoms with E-state index in [0.29, 0.717) is 16.7 Å². The van der Waals surface area contributed by atoms with Crippen LogP contribution in [0.5, 0.6) is 0 Å². The van der Waals surface area contributed by atoms with Crippen LogP contribution in [-0.2, 0) is 9.53 Å². The van der Waals surface area contributed by atoms with Gasteiger partial charge in [-0.2, -0.15) is 0 Å². The topological polar surface area (TPSA) is 56.0 Å². The van der Waals surface area contributed by atoms with Gasteiger partial charge < -0.3 is 4.74 Å². The first-order valence-corrected chi connectivity index (χ1v) is 7.26. The lowest BCUT2D eigenvalue weighted by molar-refractivity contribution is -0.130. The summed E-state index contributed by atoms with van der Waals surface area (Å²) in [5.74, 6) is -0.0490. The van der Waals surface area contributed by atoms with Crippen molar-refractivity contribution in [1.82, 2.24) is 9.38 Å². The molecule has 3 heterocycles. The molecule has 0 bridgehead atoms. The molecule has 0 radical (unpaired) electrons. The number of cyclic esters (lactones) is 1. The monoisotopic (exact) mass is 309 g/mol. The molecule has 0 fully saturated rings. The van der Waals surface area contributed by atoms with Crippen molar-refractivity contribution in [3.8, 4) is 0 Å². The van der Waals surface area contributed by atoms with Gasteiger partial charge in [-0.3, -0.25) is 4.40 Å². The first-order valence-electron chi connectivity index (χ1n) is 6.00. The second kappa shape index (κ2) is 4.43. The van der Waals surface area contributed by atoms with E-state index in [-0.39, 0.29) is 11.1 Å². The van der Waals surface area contributed by atoms with Gasteiger partial charge in [-0.15, -0.1) is 11.3 Å². The molecule has 0 saturated heterocycles. The first kappa shape index (κ1) is 13.3. The third-order valence-corrected chi connectivity index (χ3v) is 3.82. The quantitative estimate of drug-likeness (QED) is 0.599. The molecule has 0 atom stereocenters. The molecule has 0 aliphatic carbocycles. The molecule has 0 aromatic carbocycles. The molecule has 1 aliphatic heterocycles. The van der Waals surface area contributed by atoms with Gasteiger partial charge in [0.05, 0.1) is 5.69 Å². The summed E-state index contributed by atoms with van der Waals surface area (Å²) >= 11 is 7.56. The molecule has 0 saturated carbocycles. The van der Waals surface area contributed by atoms with Crippen molar-refractivity contribution in [1.29, 1.82) is 0 Å². The van der Waals surface area contributed by atoms with Gasteiger partial charge in [-0.1, -0.05) is 32.4 Å². The van der Waals surface area contributed by atoms with Crippen LogP contribution >= 0.6 is 22.9 Å². The Hall–Kier alpha value is -1.66. The lowest BCUT2D eigenvalue weighted by Crippen LogP contribution is -2.21. The number of esters is 1. The number of hydrogen-bond acceptors (Lipinski definition) is 5. The first-order chi connectivity index (χ1) is 9.36. The van der Waals surface area contributed by atoms with Crippen LogP contribution in [-0.4, -0.2) is 21.3 Å². The second-order valence-electron chi connectivity index (χ2n) is 5.43. The van der Waals surface area contributed by atoms with Crippen LogP contribution in [0.15, 0.2) is 22.3 Å². The van der Waals surface area contributed by atoms with E-state index in [1.165, 1.54) is 11.3 Å². The number of ether oxygens (including phenoxy) is 1. The Morgan fingerprint density at radius 2 is 2.20 bits per heavy atom. The number of fused-ring (bicyclic) bond motifs is 1. The maximum absolute atomic E-state index is 11.9. The highest BCUT2D eigenvalue weighted by atomic mass is 35.5. The fourth-order valence-corrected chi connectivity index (χ4v) is 2.76. The number of thiazole rings is 1. The van der Waals surface area contributed by atoms with E-state index >= 15 is 0 Å². The summed E-state index contributed by atoms with van der Waals surface area (Å²) in [7, 11) is 0. The van der Waals surface area contributed by atoms with Crippen molar-refractivity contribution in [2.45, 2.75) is 20.8 Å². The smallest absolute Gasteiger partial charge is 0.363 e. The molecule has 104 valence electrons. The van der Waals surface area contributed by atoms with E-state index in [9.17, 15) is 4.79 Å². The fraction of sp³-hybridized carbons (Fsp3) is 0.308. The predicted octanol–water partition coefficient (Wildman–Crippen LogP) is 3.39.